The normalized spacial score (nSPS) is 12.5. The monoisotopic (exact) mass is 331 g/mol. The first-order valence-corrected chi connectivity index (χ1v) is 8.56. The lowest BCUT2D eigenvalue weighted by Crippen LogP contribution is -2.41. The largest absolute Gasteiger partial charge is 0.449 e. The summed E-state index contributed by atoms with van der Waals surface area (Å²) in [6, 6.07) is 5.60. The Morgan fingerprint density at radius 1 is 1.25 bits per heavy atom. The molecule has 132 valence electrons. The molecule has 1 rings (SSSR count). The van der Waals surface area contributed by atoms with Gasteiger partial charge in [0.1, 0.15) is 0 Å². The van der Waals surface area contributed by atoms with Crippen LogP contribution in [0.3, 0.4) is 0 Å². The molecule has 0 aliphatic carbocycles. The van der Waals surface area contributed by atoms with Gasteiger partial charge in [-0.3, -0.25) is 4.79 Å². The van der Waals surface area contributed by atoms with E-state index in [4.69, 9.17) is 4.74 Å². The number of rotatable bonds is 6. The van der Waals surface area contributed by atoms with Crippen LogP contribution in [0.15, 0.2) is 24.3 Å². The molecule has 0 saturated heterocycles. The Morgan fingerprint density at radius 2 is 1.92 bits per heavy atom. The molecule has 4 heteroatoms. The third-order valence-corrected chi connectivity index (χ3v) is 3.91. The van der Waals surface area contributed by atoms with Gasteiger partial charge in [0.25, 0.3) is 0 Å². The van der Waals surface area contributed by atoms with E-state index >= 15 is 0 Å². The van der Waals surface area contributed by atoms with Gasteiger partial charge in [-0.15, -0.1) is 0 Å². The highest BCUT2D eigenvalue weighted by atomic mass is 16.6. The van der Waals surface area contributed by atoms with E-state index < -0.39 is 6.09 Å². The molecule has 0 fully saturated rings. The lowest BCUT2D eigenvalue weighted by atomic mass is 10.0. The molecule has 0 saturated carbocycles. The molecule has 0 spiro atoms. The zero-order valence-corrected chi connectivity index (χ0v) is 15.6. The Morgan fingerprint density at radius 3 is 2.46 bits per heavy atom. The molecule has 4 nitrogen and oxygen atoms in total. The van der Waals surface area contributed by atoms with Crippen molar-refractivity contribution in [3.63, 3.8) is 0 Å². The predicted molar refractivity (Wildman–Crippen MR) is 99.0 cm³/mol. The van der Waals surface area contributed by atoms with Gasteiger partial charge in [0.2, 0.25) is 5.91 Å². The van der Waals surface area contributed by atoms with Gasteiger partial charge in [-0.05, 0) is 43.4 Å². The number of nitrogens with zero attached hydrogens (tertiary/aromatic N) is 1. The summed E-state index contributed by atoms with van der Waals surface area (Å²) in [5.74, 6) is -0.265. The number of carbonyl (C=O) groups is 2. The number of benzene rings is 1. The van der Waals surface area contributed by atoms with Gasteiger partial charge in [0, 0.05) is 5.92 Å². The minimum atomic E-state index is -0.602. The van der Waals surface area contributed by atoms with Gasteiger partial charge in [0.05, 0.1) is 12.3 Å². The maximum absolute atomic E-state index is 12.8. The summed E-state index contributed by atoms with van der Waals surface area (Å²) < 4.78 is 5.34. The van der Waals surface area contributed by atoms with Gasteiger partial charge in [0.15, 0.2) is 0 Å². The van der Waals surface area contributed by atoms with Crippen LogP contribution in [0.25, 0.3) is 6.08 Å². The van der Waals surface area contributed by atoms with Crippen molar-refractivity contribution in [3.05, 3.63) is 35.4 Å². The molecule has 1 aromatic rings. The van der Waals surface area contributed by atoms with Crippen molar-refractivity contribution >= 4 is 23.8 Å². The quantitative estimate of drug-likeness (QED) is 0.720. The van der Waals surface area contributed by atoms with Crippen molar-refractivity contribution in [2.45, 2.75) is 48.0 Å². The smallest absolute Gasteiger partial charge is 0.421 e. The van der Waals surface area contributed by atoms with Crippen molar-refractivity contribution in [1.29, 1.82) is 0 Å². The van der Waals surface area contributed by atoms with E-state index in [1.807, 2.05) is 65.8 Å². The standard InChI is InChI=1S/C20H29NO3/c1-7-10-17-11-9-12-18(16(17)6)21(19(22)15(5)8-2)20(23)24-13-14(3)4/h7,9-12,14-15H,8,13H2,1-6H3/b10-7-. The van der Waals surface area contributed by atoms with Crippen LogP contribution in [0.1, 0.15) is 52.2 Å². The lowest BCUT2D eigenvalue weighted by Gasteiger charge is -2.25. The molecule has 0 aromatic heterocycles. The maximum atomic E-state index is 12.8. The Kier molecular flexibility index (Phi) is 7.69. The molecule has 0 aliphatic heterocycles. The summed E-state index contributed by atoms with van der Waals surface area (Å²) in [5.41, 5.74) is 2.45. The van der Waals surface area contributed by atoms with E-state index in [-0.39, 0.29) is 24.3 Å². The summed E-state index contributed by atoms with van der Waals surface area (Å²) in [5, 5.41) is 0. The molecular formula is C20H29NO3. The summed E-state index contributed by atoms with van der Waals surface area (Å²) >= 11 is 0. The van der Waals surface area contributed by atoms with Crippen LogP contribution in [0.4, 0.5) is 10.5 Å². The number of allylic oxidation sites excluding steroid dienone is 1. The minimum absolute atomic E-state index is 0.213. The zero-order valence-electron chi connectivity index (χ0n) is 15.6. The number of carbonyl (C=O) groups excluding carboxylic acids is 2. The van der Waals surface area contributed by atoms with Crippen LogP contribution in [-0.2, 0) is 9.53 Å². The third-order valence-electron chi connectivity index (χ3n) is 3.91. The van der Waals surface area contributed by atoms with Crippen molar-refractivity contribution < 1.29 is 14.3 Å². The molecule has 1 atom stereocenters. The molecule has 1 unspecified atom stereocenters. The summed E-state index contributed by atoms with van der Waals surface area (Å²) in [7, 11) is 0. The van der Waals surface area contributed by atoms with E-state index in [0.717, 1.165) is 11.1 Å². The van der Waals surface area contributed by atoms with Crippen LogP contribution >= 0.6 is 0 Å². The van der Waals surface area contributed by atoms with Gasteiger partial charge >= 0.3 is 6.09 Å². The first kappa shape index (κ1) is 19.9. The SMILES string of the molecule is C/C=C\c1cccc(N(C(=O)OCC(C)C)C(=O)C(C)CC)c1C. The minimum Gasteiger partial charge on any atom is -0.449 e. The fourth-order valence-corrected chi connectivity index (χ4v) is 2.25. The van der Waals surface area contributed by atoms with Gasteiger partial charge in [-0.25, -0.2) is 9.69 Å². The Hall–Kier alpha value is -2.10. The molecule has 1 aromatic carbocycles. The van der Waals surface area contributed by atoms with Crippen LogP contribution in [0.5, 0.6) is 0 Å². The fourth-order valence-electron chi connectivity index (χ4n) is 2.25. The summed E-state index contributed by atoms with van der Waals surface area (Å²) in [4.78, 5) is 26.6. The average molecular weight is 331 g/mol. The second kappa shape index (κ2) is 9.26. The number of hydrogen-bond acceptors (Lipinski definition) is 3. The van der Waals surface area contributed by atoms with Gasteiger partial charge in [-0.2, -0.15) is 0 Å². The molecule has 0 N–H and O–H groups in total. The van der Waals surface area contributed by atoms with Crippen LogP contribution in [-0.4, -0.2) is 18.6 Å². The fraction of sp³-hybridized carbons (Fsp3) is 0.500. The number of anilines is 1. The Bertz CT molecular complexity index is 605. The maximum Gasteiger partial charge on any atom is 0.421 e. The van der Waals surface area contributed by atoms with E-state index in [1.54, 1.807) is 6.07 Å². The topological polar surface area (TPSA) is 46.6 Å². The van der Waals surface area contributed by atoms with Crippen molar-refractivity contribution in [2.75, 3.05) is 11.5 Å². The van der Waals surface area contributed by atoms with Gasteiger partial charge < -0.3 is 4.74 Å². The zero-order chi connectivity index (χ0) is 18.3. The van der Waals surface area contributed by atoms with Crippen LogP contribution < -0.4 is 4.90 Å². The Labute approximate surface area is 145 Å². The van der Waals surface area contributed by atoms with E-state index in [9.17, 15) is 9.59 Å². The predicted octanol–water partition coefficient (Wildman–Crippen LogP) is 5.20. The molecular weight excluding hydrogens is 302 g/mol. The highest BCUT2D eigenvalue weighted by Gasteiger charge is 2.29. The second-order valence-electron chi connectivity index (χ2n) is 6.45. The van der Waals surface area contributed by atoms with Crippen LogP contribution in [0.2, 0.25) is 0 Å². The molecule has 24 heavy (non-hydrogen) atoms. The Balaban J connectivity index is 3.30. The highest BCUT2D eigenvalue weighted by Crippen LogP contribution is 2.27. The van der Waals surface area contributed by atoms with E-state index in [2.05, 4.69) is 0 Å². The van der Waals surface area contributed by atoms with Crippen molar-refractivity contribution in [3.8, 4) is 0 Å². The molecule has 0 aliphatic rings. The average Bonchev–Trinajstić information content (AvgIpc) is 2.55. The first-order valence-electron chi connectivity index (χ1n) is 8.56. The molecule has 2 amide bonds. The number of ether oxygens (including phenoxy) is 1. The third kappa shape index (κ3) is 4.95. The van der Waals surface area contributed by atoms with Crippen molar-refractivity contribution in [1.82, 2.24) is 0 Å². The summed E-state index contributed by atoms with van der Waals surface area (Å²) in [6.45, 7) is 11.8. The first-order chi connectivity index (χ1) is 11.3. The number of amides is 2. The molecule has 0 radical (unpaired) electrons. The highest BCUT2D eigenvalue weighted by molar-refractivity contribution is 6.13. The van der Waals surface area contributed by atoms with E-state index in [1.165, 1.54) is 4.90 Å². The van der Waals surface area contributed by atoms with Gasteiger partial charge in [-0.1, -0.05) is 52.0 Å². The molecule has 0 heterocycles. The second-order valence-corrected chi connectivity index (χ2v) is 6.45. The summed E-state index contributed by atoms with van der Waals surface area (Å²) in [6.07, 6.45) is 3.96. The van der Waals surface area contributed by atoms with Crippen LogP contribution in [0, 0.1) is 18.8 Å². The lowest BCUT2D eigenvalue weighted by molar-refractivity contribution is -0.121. The van der Waals surface area contributed by atoms with E-state index in [0.29, 0.717) is 12.1 Å². The molecule has 0 bridgehead atoms. The number of imide groups is 1. The van der Waals surface area contributed by atoms with Crippen molar-refractivity contribution in [2.24, 2.45) is 11.8 Å². The number of hydrogen-bond donors (Lipinski definition) is 0.